The van der Waals surface area contributed by atoms with Gasteiger partial charge in [0.15, 0.2) is 0 Å². The van der Waals surface area contributed by atoms with E-state index in [9.17, 15) is 4.79 Å². The molecule has 1 aliphatic carbocycles. The Morgan fingerprint density at radius 2 is 2.29 bits per heavy atom. The summed E-state index contributed by atoms with van der Waals surface area (Å²) < 4.78 is 5.87. The highest BCUT2D eigenvalue weighted by atomic mass is 16.5. The van der Waals surface area contributed by atoms with Crippen LogP contribution in [-0.2, 0) is 16.6 Å². The van der Waals surface area contributed by atoms with Gasteiger partial charge < -0.3 is 10.5 Å². The molecule has 2 N–H and O–H groups in total. The molecule has 0 saturated carbocycles. The maximum atomic E-state index is 11.6. The quantitative estimate of drug-likeness (QED) is 0.927. The Bertz CT molecular complexity index is 653. The summed E-state index contributed by atoms with van der Waals surface area (Å²) in [6.45, 7) is 7.86. The number of ether oxygens (including phenoxy) is 1. The third-order valence-electron chi connectivity index (χ3n) is 6.87. The van der Waals surface area contributed by atoms with Gasteiger partial charge in [0.1, 0.15) is 0 Å². The molecular weight excluding hydrogens is 300 g/mol. The van der Waals surface area contributed by atoms with Gasteiger partial charge in [-0.2, -0.15) is 0 Å². The number of fused-ring (bicyclic) bond motifs is 4. The Morgan fingerprint density at radius 3 is 3.00 bits per heavy atom. The number of primary amides is 1. The molecule has 4 heteroatoms. The molecule has 2 saturated heterocycles. The lowest BCUT2D eigenvalue weighted by molar-refractivity contribution is -0.00666. The van der Waals surface area contributed by atoms with Crippen LogP contribution in [0.25, 0.3) is 0 Å². The van der Waals surface area contributed by atoms with Gasteiger partial charge in [-0.25, -0.2) is 0 Å². The van der Waals surface area contributed by atoms with E-state index >= 15 is 0 Å². The number of hydrogen-bond donors (Lipinski definition) is 1. The second kappa shape index (κ2) is 5.85. The average Bonchev–Trinajstić information content (AvgIpc) is 3.06. The molecule has 2 aliphatic heterocycles. The molecular formula is C20H28N2O2. The largest absolute Gasteiger partial charge is 0.377 e. The van der Waals surface area contributed by atoms with E-state index in [0.29, 0.717) is 23.6 Å². The van der Waals surface area contributed by atoms with Crippen LogP contribution in [0.3, 0.4) is 0 Å². The molecule has 130 valence electrons. The van der Waals surface area contributed by atoms with Crippen LogP contribution in [0.1, 0.15) is 54.6 Å². The number of benzene rings is 1. The molecule has 2 bridgehead atoms. The smallest absolute Gasteiger partial charge is 0.248 e. The van der Waals surface area contributed by atoms with Crippen molar-refractivity contribution in [3.8, 4) is 0 Å². The van der Waals surface area contributed by atoms with Gasteiger partial charge in [0, 0.05) is 24.8 Å². The van der Waals surface area contributed by atoms with Crippen LogP contribution in [0, 0.1) is 5.92 Å². The highest BCUT2D eigenvalue weighted by Gasteiger charge is 2.48. The van der Waals surface area contributed by atoms with Gasteiger partial charge in [0.25, 0.3) is 0 Å². The van der Waals surface area contributed by atoms with Crippen molar-refractivity contribution in [1.29, 1.82) is 0 Å². The summed E-state index contributed by atoms with van der Waals surface area (Å²) in [7, 11) is 0. The van der Waals surface area contributed by atoms with Crippen LogP contribution < -0.4 is 5.73 Å². The predicted molar refractivity (Wildman–Crippen MR) is 94.1 cm³/mol. The first kappa shape index (κ1) is 16.1. The molecule has 1 amide bonds. The second-order valence-corrected chi connectivity index (χ2v) is 8.09. The fraction of sp³-hybridized carbons (Fsp3) is 0.650. The lowest BCUT2D eigenvalue weighted by Gasteiger charge is -2.55. The zero-order valence-electron chi connectivity index (χ0n) is 14.8. The maximum Gasteiger partial charge on any atom is 0.248 e. The number of likely N-dealkylation sites (tertiary alicyclic amines) is 1. The first-order chi connectivity index (χ1) is 11.5. The molecule has 0 radical (unpaired) electrons. The Kier molecular flexibility index (Phi) is 3.92. The van der Waals surface area contributed by atoms with E-state index in [-0.39, 0.29) is 11.3 Å². The number of nitrogens with two attached hydrogens (primary N) is 1. The maximum absolute atomic E-state index is 11.6. The van der Waals surface area contributed by atoms with Crippen molar-refractivity contribution in [2.45, 2.75) is 57.1 Å². The highest BCUT2D eigenvalue weighted by Crippen LogP contribution is 2.48. The number of piperidine rings is 1. The topological polar surface area (TPSA) is 55.6 Å². The minimum Gasteiger partial charge on any atom is -0.377 e. The van der Waals surface area contributed by atoms with E-state index in [1.165, 1.54) is 24.0 Å². The second-order valence-electron chi connectivity index (χ2n) is 8.09. The minimum absolute atomic E-state index is 0.136. The summed E-state index contributed by atoms with van der Waals surface area (Å²) in [5.74, 6) is 0.246. The molecule has 24 heavy (non-hydrogen) atoms. The molecule has 0 spiro atoms. The third kappa shape index (κ3) is 2.47. The lowest BCUT2D eigenvalue weighted by Crippen LogP contribution is -2.59. The minimum atomic E-state index is -0.327. The highest BCUT2D eigenvalue weighted by molar-refractivity contribution is 5.93. The number of carbonyl (C=O) groups excluding carboxylic acids is 1. The number of nitrogens with zero attached hydrogens (tertiary/aromatic N) is 1. The lowest BCUT2D eigenvalue weighted by atomic mass is 9.59. The van der Waals surface area contributed by atoms with E-state index in [1.54, 1.807) is 0 Å². The van der Waals surface area contributed by atoms with Gasteiger partial charge >= 0.3 is 0 Å². The standard InChI is InChI=1S/C20H28N2O2/c1-13-18-11-14-5-6-15(19(21)23)10-17(14)20(13,2)7-8-22(18)12-16-4-3-9-24-16/h5-6,10,13,16,18H,3-4,7-9,11-12H2,1-2H3,(H2,21,23)/t13-,16+,18+,20+/m1/s1. The summed E-state index contributed by atoms with van der Waals surface area (Å²) in [6.07, 6.45) is 5.02. The molecule has 0 aromatic heterocycles. The summed E-state index contributed by atoms with van der Waals surface area (Å²) in [6, 6.07) is 6.64. The third-order valence-corrected chi connectivity index (χ3v) is 6.87. The summed E-state index contributed by atoms with van der Waals surface area (Å²) >= 11 is 0. The van der Waals surface area contributed by atoms with Crippen LogP contribution in [0.2, 0.25) is 0 Å². The Hall–Kier alpha value is -1.39. The van der Waals surface area contributed by atoms with Gasteiger partial charge in [0.2, 0.25) is 5.91 Å². The van der Waals surface area contributed by atoms with Crippen molar-refractivity contribution in [1.82, 2.24) is 4.90 Å². The monoisotopic (exact) mass is 328 g/mol. The molecule has 2 fully saturated rings. The van der Waals surface area contributed by atoms with E-state index in [4.69, 9.17) is 10.5 Å². The average molecular weight is 328 g/mol. The molecule has 2 heterocycles. The van der Waals surface area contributed by atoms with Crippen LogP contribution in [-0.4, -0.2) is 42.6 Å². The van der Waals surface area contributed by atoms with Crippen molar-refractivity contribution in [3.63, 3.8) is 0 Å². The first-order valence-electron chi connectivity index (χ1n) is 9.28. The fourth-order valence-electron chi connectivity index (χ4n) is 5.14. The van der Waals surface area contributed by atoms with E-state index in [1.807, 2.05) is 6.07 Å². The summed E-state index contributed by atoms with van der Waals surface area (Å²) in [4.78, 5) is 14.3. The normalized spacial score (nSPS) is 35.7. The number of amides is 1. The van der Waals surface area contributed by atoms with E-state index < -0.39 is 0 Å². The van der Waals surface area contributed by atoms with Crippen molar-refractivity contribution in [2.24, 2.45) is 11.7 Å². The van der Waals surface area contributed by atoms with Crippen molar-refractivity contribution in [3.05, 3.63) is 34.9 Å². The van der Waals surface area contributed by atoms with Crippen molar-refractivity contribution >= 4 is 5.91 Å². The number of rotatable bonds is 3. The van der Waals surface area contributed by atoms with E-state index in [0.717, 1.165) is 32.5 Å². The van der Waals surface area contributed by atoms with Crippen LogP contribution in [0.15, 0.2) is 18.2 Å². The van der Waals surface area contributed by atoms with Crippen molar-refractivity contribution in [2.75, 3.05) is 19.7 Å². The fourth-order valence-corrected chi connectivity index (χ4v) is 5.14. The molecule has 4 nitrogen and oxygen atoms in total. The molecule has 1 aromatic carbocycles. The molecule has 4 rings (SSSR count). The van der Waals surface area contributed by atoms with Gasteiger partial charge in [-0.05, 0) is 66.8 Å². The predicted octanol–water partition coefficient (Wildman–Crippen LogP) is 2.49. The van der Waals surface area contributed by atoms with Crippen LogP contribution in [0.5, 0.6) is 0 Å². The summed E-state index contributed by atoms with van der Waals surface area (Å²) in [5.41, 5.74) is 9.02. The van der Waals surface area contributed by atoms with Gasteiger partial charge in [0.05, 0.1) is 6.10 Å². The van der Waals surface area contributed by atoms with E-state index in [2.05, 4.69) is 30.9 Å². The number of carbonyl (C=O) groups is 1. The Labute approximate surface area is 144 Å². The molecule has 4 atom stereocenters. The molecule has 3 aliphatic rings. The van der Waals surface area contributed by atoms with Crippen LogP contribution >= 0.6 is 0 Å². The van der Waals surface area contributed by atoms with Crippen molar-refractivity contribution < 1.29 is 9.53 Å². The molecule has 1 aromatic rings. The number of hydrogen-bond acceptors (Lipinski definition) is 3. The Balaban J connectivity index is 1.64. The zero-order chi connectivity index (χ0) is 16.9. The van der Waals surface area contributed by atoms with Gasteiger partial charge in [-0.3, -0.25) is 9.69 Å². The zero-order valence-corrected chi connectivity index (χ0v) is 14.8. The molecule has 0 unspecified atom stereocenters. The van der Waals surface area contributed by atoms with Gasteiger partial charge in [-0.15, -0.1) is 0 Å². The summed E-state index contributed by atoms with van der Waals surface area (Å²) in [5, 5.41) is 0. The first-order valence-corrected chi connectivity index (χ1v) is 9.28. The van der Waals surface area contributed by atoms with Crippen LogP contribution in [0.4, 0.5) is 0 Å². The Morgan fingerprint density at radius 1 is 1.46 bits per heavy atom. The SMILES string of the molecule is C[C@@H]1[C@@H]2Cc3ccc(C(N)=O)cc3[C@@]1(C)CCN2C[C@@H]1CCCO1. The van der Waals surface area contributed by atoms with Gasteiger partial charge in [-0.1, -0.05) is 19.9 Å².